The van der Waals surface area contributed by atoms with Gasteiger partial charge in [-0.2, -0.15) is 0 Å². The van der Waals surface area contributed by atoms with Gasteiger partial charge in [0.2, 0.25) is 11.8 Å². The van der Waals surface area contributed by atoms with Gasteiger partial charge in [0.15, 0.2) is 0 Å². The first-order chi connectivity index (χ1) is 8.26. The average molecular weight is 252 g/mol. The molecule has 18 heavy (non-hydrogen) atoms. The van der Waals surface area contributed by atoms with Gasteiger partial charge in [-0.15, -0.1) is 0 Å². The molecule has 0 saturated heterocycles. The van der Waals surface area contributed by atoms with Gasteiger partial charge >= 0.3 is 0 Å². The third-order valence-electron chi connectivity index (χ3n) is 3.50. The van der Waals surface area contributed by atoms with E-state index in [9.17, 15) is 9.59 Å². The van der Waals surface area contributed by atoms with Gasteiger partial charge in [-0.3, -0.25) is 9.59 Å². The van der Waals surface area contributed by atoms with Crippen LogP contribution in [0.3, 0.4) is 0 Å². The fourth-order valence-electron chi connectivity index (χ4n) is 2.38. The zero-order valence-electron chi connectivity index (χ0n) is 12.0. The molecule has 1 aliphatic rings. The highest BCUT2D eigenvalue weighted by atomic mass is 16.2. The summed E-state index contributed by atoms with van der Waals surface area (Å²) in [5.41, 5.74) is 1.30. The van der Waals surface area contributed by atoms with Crippen molar-refractivity contribution in [1.82, 2.24) is 10.6 Å². The number of nitrogens with one attached hydrogen (secondary N) is 2. The predicted molar refractivity (Wildman–Crippen MR) is 71.9 cm³/mol. The summed E-state index contributed by atoms with van der Waals surface area (Å²) in [6.45, 7) is 10.8. The molecule has 0 radical (unpaired) electrons. The summed E-state index contributed by atoms with van der Waals surface area (Å²) < 4.78 is 0. The van der Waals surface area contributed by atoms with E-state index in [1.165, 1.54) is 12.5 Å². The van der Waals surface area contributed by atoms with Gasteiger partial charge in [-0.25, -0.2) is 0 Å². The Labute approximate surface area is 109 Å². The quantitative estimate of drug-likeness (QED) is 0.575. The highest BCUT2D eigenvalue weighted by molar-refractivity contribution is 5.83. The molecule has 1 rings (SSSR count). The van der Waals surface area contributed by atoms with Crippen LogP contribution in [0.15, 0.2) is 11.6 Å². The molecule has 2 atom stereocenters. The maximum absolute atomic E-state index is 12.0. The number of hydrogen-bond acceptors (Lipinski definition) is 2. The number of carbonyl (C=O) groups excluding carboxylic acids is 2. The molecule has 0 bridgehead atoms. The summed E-state index contributed by atoms with van der Waals surface area (Å²) in [7, 11) is 0. The molecule has 2 unspecified atom stereocenters. The summed E-state index contributed by atoms with van der Waals surface area (Å²) in [5.74, 6) is 0.416. The average Bonchev–Trinajstić information content (AvgIpc) is 2.74. The van der Waals surface area contributed by atoms with Crippen molar-refractivity contribution in [3.63, 3.8) is 0 Å². The molecule has 4 nitrogen and oxygen atoms in total. The molecule has 1 saturated carbocycles. The number of allylic oxidation sites excluding steroid dienone is 2. The largest absolute Gasteiger partial charge is 0.355 e. The molecule has 1 aliphatic carbocycles. The molecule has 2 N–H and O–H groups in total. The van der Waals surface area contributed by atoms with E-state index >= 15 is 0 Å². The molecule has 0 heterocycles. The summed E-state index contributed by atoms with van der Waals surface area (Å²) in [4.78, 5) is 22.7. The summed E-state index contributed by atoms with van der Waals surface area (Å²) in [6.07, 6.45) is 2.18. The first-order valence-electron chi connectivity index (χ1n) is 6.44. The lowest BCUT2D eigenvalue weighted by molar-refractivity contribution is -0.123. The van der Waals surface area contributed by atoms with Crippen LogP contribution < -0.4 is 10.6 Å². The van der Waals surface area contributed by atoms with Gasteiger partial charge in [-0.1, -0.05) is 25.5 Å². The maximum Gasteiger partial charge on any atom is 0.224 e. The van der Waals surface area contributed by atoms with Crippen molar-refractivity contribution >= 4 is 11.8 Å². The molecule has 0 aliphatic heterocycles. The lowest BCUT2D eigenvalue weighted by Gasteiger charge is -2.06. The minimum Gasteiger partial charge on any atom is -0.355 e. The fourth-order valence-corrected chi connectivity index (χ4v) is 2.38. The van der Waals surface area contributed by atoms with E-state index in [1.807, 2.05) is 0 Å². The SMILES string of the molecule is CC(=O)NCCNC(=O)C1C(C=C(C)C)C1(C)C. The van der Waals surface area contributed by atoms with Crippen molar-refractivity contribution in [3.8, 4) is 0 Å². The number of hydrogen-bond donors (Lipinski definition) is 2. The van der Waals surface area contributed by atoms with Gasteiger partial charge in [0.05, 0.1) is 5.92 Å². The fraction of sp³-hybridized carbons (Fsp3) is 0.714. The lowest BCUT2D eigenvalue weighted by atomic mass is 10.1. The Hall–Kier alpha value is -1.32. The molecular weight excluding hydrogens is 228 g/mol. The van der Waals surface area contributed by atoms with E-state index in [1.54, 1.807) is 0 Å². The van der Waals surface area contributed by atoms with E-state index in [4.69, 9.17) is 0 Å². The Balaban J connectivity index is 2.39. The van der Waals surface area contributed by atoms with Gasteiger partial charge < -0.3 is 10.6 Å². The Morgan fingerprint density at radius 2 is 1.67 bits per heavy atom. The highest BCUT2D eigenvalue weighted by Gasteiger charge is 2.60. The van der Waals surface area contributed by atoms with E-state index in [0.29, 0.717) is 19.0 Å². The first-order valence-corrected chi connectivity index (χ1v) is 6.44. The van der Waals surface area contributed by atoms with Crippen molar-refractivity contribution in [3.05, 3.63) is 11.6 Å². The molecule has 2 amide bonds. The van der Waals surface area contributed by atoms with Crippen molar-refractivity contribution in [1.29, 1.82) is 0 Å². The monoisotopic (exact) mass is 252 g/mol. The lowest BCUT2D eigenvalue weighted by Crippen LogP contribution is -2.35. The minimum atomic E-state index is -0.0709. The minimum absolute atomic E-state index is 0.0510. The Kier molecular flexibility index (Phi) is 4.54. The normalized spacial score (nSPS) is 24.1. The Morgan fingerprint density at radius 3 is 2.17 bits per heavy atom. The van der Waals surface area contributed by atoms with E-state index in [-0.39, 0.29) is 23.1 Å². The van der Waals surface area contributed by atoms with Crippen LogP contribution in [-0.4, -0.2) is 24.9 Å². The van der Waals surface area contributed by atoms with Crippen LogP contribution in [0.1, 0.15) is 34.6 Å². The molecule has 1 fully saturated rings. The van der Waals surface area contributed by atoms with Crippen LogP contribution in [0.25, 0.3) is 0 Å². The second kappa shape index (κ2) is 5.55. The second-order valence-corrected chi connectivity index (χ2v) is 5.84. The van der Waals surface area contributed by atoms with Crippen LogP contribution in [0.5, 0.6) is 0 Å². The van der Waals surface area contributed by atoms with Gasteiger partial charge in [-0.05, 0) is 25.2 Å². The number of amides is 2. The number of carbonyl (C=O) groups is 2. The molecule has 0 aromatic heterocycles. The molecule has 0 spiro atoms. The second-order valence-electron chi connectivity index (χ2n) is 5.84. The molecule has 4 heteroatoms. The van der Waals surface area contributed by atoms with Crippen molar-refractivity contribution in [2.75, 3.05) is 13.1 Å². The van der Waals surface area contributed by atoms with E-state index in [0.717, 1.165) is 0 Å². The summed E-state index contributed by atoms with van der Waals surface area (Å²) in [5, 5.41) is 5.53. The summed E-state index contributed by atoms with van der Waals surface area (Å²) >= 11 is 0. The van der Waals surface area contributed by atoms with Crippen molar-refractivity contribution < 1.29 is 9.59 Å². The topological polar surface area (TPSA) is 58.2 Å². The van der Waals surface area contributed by atoms with Gasteiger partial charge in [0.1, 0.15) is 0 Å². The number of rotatable bonds is 5. The third-order valence-corrected chi connectivity index (χ3v) is 3.50. The summed E-state index contributed by atoms with van der Waals surface area (Å²) in [6, 6.07) is 0. The standard InChI is InChI=1S/C14H24N2O2/c1-9(2)8-11-12(14(11,4)5)13(18)16-7-6-15-10(3)17/h8,11-12H,6-7H2,1-5H3,(H,15,17)(H,16,18). The Morgan fingerprint density at radius 1 is 1.11 bits per heavy atom. The first kappa shape index (κ1) is 14.7. The van der Waals surface area contributed by atoms with Crippen LogP contribution in [0.2, 0.25) is 0 Å². The van der Waals surface area contributed by atoms with E-state index < -0.39 is 0 Å². The molecule has 0 aromatic rings. The van der Waals surface area contributed by atoms with E-state index in [2.05, 4.69) is 44.4 Å². The van der Waals surface area contributed by atoms with Crippen LogP contribution in [0, 0.1) is 17.3 Å². The van der Waals surface area contributed by atoms with Crippen LogP contribution in [0.4, 0.5) is 0 Å². The van der Waals surface area contributed by atoms with Gasteiger partial charge in [0.25, 0.3) is 0 Å². The molecule has 102 valence electrons. The Bertz CT molecular complexity index is 368. The van der Waals surface area contributed by atoms with Crippen LogP contribution in [-0.2, 0) is 9.59 Å². The molecule has 0 aromatic carbocycles. The smallest absolute Gasteiger partial charge is 0.224 e. The van der Waals surface area contributed by atoms with Gasteiger partial charge in [0, 0.05) is 20.0 Å². The van der Waals surface area contributed by atoms with Crippen molar-refractivity contribution in [2.24, 2.45) is 17.3 Å². The maximum atomic E-state index is 12.0. The zero-order chi connectivity index (χ0) is 13.9. The third kappa shape index (κ3) is 3.59. The highest BCUT2D eigenvalue weighted by Crippen LogP contribution is 2.59. The zero-order valence-corrected chi connectivity index (χ0v) is 12.0. The molecular formula is C14H24N2O2. The predicted octanol–water partition coefficient (Wildman–Crippen LogP) is 1.48. The van der Waals surface area contributed by atoms with Crippen LogP contribution >= 0.6 is 0 Å². The van der Waals surface area contributed by atoms with Crippen molar-refractivity contribution in [2.45, 2.75) is 34.6 Å².